The number of fused-ring (bicyclic) bond motifs is 2. The van der Waals surface area contributed by atoms with Gasteiger partial charge in [0.15, 0.2) is 0 Å². The molecule has 0 radical (unpaired) electrons. The van der Waals surface area contributed by atoms with Gasteiger partial charge >= 0.3 is 0 Å². The third kappa shape index (κ3) is 8.44. The Morgan fingerprint density at radius 1 is 1.00 bits per heavy atom. The van der Waals surface area contributed by atoms with E-state index in [1.165, 1.54) is 23.5 Å². The van der Waals surface area contributed by atoms with Gasteiger partial charge in [0.1, 0.15) is 6.04 Å². The minimum absolute atomic E-state index is 0.0820. The number of aromatic nitrogens is 2. The van der Waals surface area contributed by atoms with Crippen LogP contribution >= 0.6 is 0 Å². The molecule has 4 amide bonds. The molecule has 0 spiro atoms. The van der Waals surface area contributed by atoms with Crippen molar-refractivity contribution in [3.05, 3.63) is 95.6 Å². The van der Waals surface area contributed by atoms with Crippen LogP contribution < -0.4 is 16.0 Å². The third-order valence-corrected chi connectivity index (χ3v) is 6.92. The number of benzene rings is 1. The summed E-state index contributed by atoms with van der Waals surface area (Å²) in [7, 11) is 0. The SMILES string of the molecule is CC(C)[C@H]1NC(=O)c2cncc(c2)CCCNC(=O)CN(C(=O)c2ccncc2)C[C@@H](Cc2ccccc2)NC1=O. The summed E-state index contributed by atoms with van der Waals surface area (Å²) < 4.78 is 0. The van der Waals surface area contributed by atoms with Gasteiger partial charge in [0.25, 0.3) is 11.8 Å². The van der Waals surface area contributed by atoms with Crippen molar-refractivity contribution < 1.29 is 19.2 Å². The molecule has 1 aliphatic heterocycles. The van der Waals surface area contributed by atoms with Crippen molar-refractivity contribution in [2.24, 2.45) is 5.92 Å². The van der Waals surface area contributed by atoms with E-state index < -0.39 is 12.1 Å². The summed E-state index contributed by atoms with van der Waals surface area (Å²) in [5.41, 5.74) is 2.56. The topological polar surface area (TPSA) is 133 Å². The Kier molecular flexibility index (Phi) is 10.1. The summed E-state index contributed by atoms with van der Waals surface area (Å²) in [6, 6.07) is 13.2. The summed E-state index contributed by atoms with van der Waals surface area (Å²) in [6.45, 7) is 4.02. The lowest BCUT2D eigenvalue weighted by molar-refractivity contribution is -0.124. The smallest absolute Gasteiger partial charge is 0.254 e. The van der Waals surface area contributed by atoms with Crippen molar-refractivity contribution in [3.8, 4) is 0 Å². The van der Waals surface area contributed by atoms with E-state index in [1.54, 1.807) is 24.4 Å². The van der Waals surface area contributed by atoms with E-state index in [2.05, 4.69) is 25.9 Å². The Bertz CT molecular complexity index is 1350. The van der Waals surface area contributed by atoms with Crippen LogP contribution in [0.3, 0.4) is 0 Å². The number of rotatable bonds is 4. The Labute approximate surface area is 240 Å². The summed E-state index contributed by atoms with van der Waals surface area (Å²) in [5, 5.41) is 8.83. The number of nitrogens with zero attached hydrogens (tertiary/aromatic N) is 3. The van der Waals surface area contributed by atoms with Crippen LogP contribution in [0.5, 0.6) is 0 Å². The normalized spacial score (nSPS) is 19.1. The summed E-state index contributed by atoms with van der Waals surface area (Å²) in [5.74, 6) is -1.62. The molecule has 1 aliphatic rings. The molecule has 4 rings (SSSR count). The quantitative estimate of drug-likeness (QED) is 0.451. The molecule has 3 aromatic rings. The van der Waals surface area contributed by atoms with Crippen LogP contribution in [0.1, 0.15) is 52.1 Å². The fourth-order valence-corrected chi connectivity index (χ4v) is 4.77. The van der Waals surface area contributed by atoms with Gasteiger partial charge in [-0.1, -0.05) is 44.2 Å². The van der Waals surface area contributed by atoms with Crippen LogP contribution in [0.25, 0.3) is 0 Å². The van der Waals surface area contributed by atoms with Gasteiger partial charge in [0, 0.05) is 43.4 Å². The van der Waals surface area contributed by atoms with Gasteiger partial charge in [-0.05, 0) is 54.5 Å². The second-order valence-corrected chi connectivity index (χ2v) is 10.5. The number of amides is 4. The average Bonchev–Trinajstić information content (AvgIpc) is 2.97. The monoisotopic (exact) mass is 556 g/mol. The average molecular weight is 557 g/mol. The summed E-state index contributed by atoms with van der Waals surface area (Å²) in [6.07, 6.45) is 7.85. The molecule has 2 aromatic heterocycles. The molecule has 10 nitrogen and oxygen atoms in total. The number of pyridine rings is 2. The molecule has 10 heteroatoms. The largest absolute Gasteiger partial charge is 0.355 e. The zero-order chi connectivity index (χ0) is 29.2. The predicted molar refractivity (Wildman–Crippen MR) is 154 cm³/mol. The van der Waals surface area contributed by atoms with Crippen molar-refractivity contribution in [1.29, 1.82) is 0 Å². The first-order chi connectivity index (χ1) is 19.8. The molecule has 2 atom stereocenters. The molecule has 0 saturated carbocycles. The zero-order valence-corrected chi connectivity index (χ0v) is 23.4. The van der Waals surface area contributed by atoms with Crippen LogP contribution in [-0.2, 0) is 22.4 Å². The third-order valence-electron chi connectivity index (χ3n) is 6.92. The first-order valence-corrected chi connectivity index (χ1v) is 13.8. The Balaban J connectivity index is 1.67. The maximum absolute atomic E-state index is 13.7. The van der Waals surface area contributed by atoms with Crippen LogP contribution in [0.2, 0.25) is 0 Å². The fourth-order valence-electron chi connectivity index (χ4n) is 4.77. The summed E-state index contributed by atoms with van der Waals surface area (Å²) in [4.78, 5) is 63.0. The fraction of sp³-hybridized carbons (Fsp3) is 0.355. The van der Waals surface area contributed by atoms with Gasteiger partial charge in [0.2, 0.25) is 11.8 Å². The van der Waals surface area contributed by atoms with E-state index in [-0.39, 0.29) is 42.6 Å². The first kappa shape index (κ1) is 29.4. The van der Waals surface area contributed by atoms with E-state index >= 15 is 0 Å². The number of nitrogens with one attached hydrogen (secondary N) is 3. The Hall–Kier alpha value is -4.60. The molecular weight excluding hydrogens is 520 g/mol. The van der Waals surface area contributed by atoms with Gasteiger partial charge in [-0.2, -0.15) is 0 Å². The van der Waals surface area contributed by atoms with Gasteiger partial charge in [0.05, 0.1) is 18.2 Å². The highest BCUT2D eigenvalue weighted by atomic mass is 16.2. The van der Waals surface area contributed by atoms with E-state index in [0.717, 1.165) is 11.1 Å². The van der Waals surface area contributed by atoms with Gasteiger partial charge in [-0.3, -0.25) is 29.1 Å². The molecule has 3 N–H and O–H groups in total. The first-order valence-electron chi connectivity index (χ1n) is 13.8. The highest BCUT2D eigenvalue weighted by molar-refractivity contribution is 5.98. The maximum Gasteiger partial charge on any atom is 0.254 e. The molecule has 1 aromatic carbocycles. The molecule has 41 heavy (non-hydrogen) atoms. The minimum atomic E-state index is -0.826. The van der Waals surface area contributed by atoms with Crippen LogP contribution in [-0.4, -0.2) is 70.2 Å². The van der Waals surface area contributed by atoms with E-state index in [1.807, 2.05) is 44.2 Å². The number of carbonyl (C=O) groups excluding carboxylic acids is 4. The molecular formula is C31H36N6O4. The maximum atomic E-state index is 13.7. The molecule has 0 saturated heterocycles. The lowest BCUT2D eigenvalue weighted by Crippen LogP contribution is -2.55. The van der Waals surface area contributed by atoms with Gasteiger partial charge < -0.3 is 20.9 Å². The molecule has 2 bridgehead atoms. The minimum Gasteiger partial charge on any atom is -0.355 e. The Morgan fingerprint density at radius 3 is 2.49 bits per heavy atom. The molecule has 214 valence electrons. The lowest BCUT2D eigenvalue weighted by Gasteiger charge is -2.30. The second kappa shape index (κ2) is 14.2. The van der Waals surface area contributed by atoms with Crippen molar-refractivity contribution in [3.63, 3.8) is 0 Å². The zero-order valence-electron chi connectivity index (χ0n) is 23.4. The second-order valence-electron chi connectivity index (χ2n) is 10.5. The molecule has 3 heterocycles. The number of hydrogen-bond donors (Lipinski definition) is 3. The van der Waals surface area contributed by atoms with Crippen molar-refractivity contribution in [2.75, 3.05) is 19.6 Å². The highest BCUT2D eigenvalue weighted by Crippen LogP contribution is 2.12. The molecule has 0 unspecified atom stereocenters. The van der Waals surface area contributed by atoms with Gasteiger partial charge in [-0.25, -0.2) is 0 Å². The highest BCUT2D eigenvalue weighted by Gasteiger charge is 2.29. The van der Waals surface area contributed by atoms with Crippen molar-refractivity contribution in [1.82, 2.24) is 30.8 Å². The molecule has 0 aliphatic carbocycles. The number of aryl methyl sites for hydroxylation is 1. The standard InChI is InChI=1S/C31H36N6O4/c1-21(2)28-30(40)35-26(16-22-7-4-3-5-8-22)19-37(31(41)24-10-13-32-14-11-24)20-27(38)34-12-6-9-23-15-25(18-33-17-23)29(39)36-28/h3-5,7-8,10-11,13-15,17-18,21,26,28H,6,9,12,16,19-20H2,1-2H3,(H,34,38)(H,35,40)(H,36,39)/t26-,28-/m1/s1. The number of carbonyl (C=O) groups is 4. The number of hydrogen-bond acceptors (Lipinski definition) is 6. The van der Waals surface area contributed by atoms with Crippen LogP contribution in [0, 0.1) is 5.92 Å². The molecule has 0 fully saturated rings. The van der Waals surface area contributed by atoms with Crippen LogP contribution in [0.15, 0.2) is 73.3 Å². The predicted octanol–water partition coefficient (Wildman–Crippen LogP) is 2.16. The Morgan fingerprint density at radius 2 is 1.76 bits per heavy atom. The van der Waals surface area contributed by atoms with Crippen LogP contribution in [0.4, 0.5) is 0 Å². The van der Waals surface area contributed by atoms with Crippen molar-refractivity contribution in [2.45, 2.75) is 45.2 Å². The summed E-state index contributed by atoms with van der Waals surface area (Å²) >= 11 is 0. The van der Waals surface area contributed by atoms with E-state index in [0.29, 0.717) is 36.9 Å². The van der Waals surface area contributed by atoms with Gasteiger partial charge in [-0.15, -0.1) is 0 Å². The van der Waals surface area contributed by atoms with E-state index in [4.69, 9.17) is 0 Å². The van der Waals surface area contributed by atoms with E-state index in [9.17, 15) is 19.2 Å². The lowest BCUT2D eigenvalue weighted by atomic mass is 10.0. The van der Waals surface area contributed by atoms with Crippen molar-refractivity contribution >= 4 is 23.6 Å².